The summed E-state index contributed by atoms with van der Waals surface area (Å²) in [5.41, 5.74) is -4.33. The van der Waals surface area contributed by atoms with E-state index in [0.29, 0.717) is 12.8 Å². The molecule has 4 aliphatic rings. The number of aliphatic hydroxyl groups excluding tert-OH is 1. The fourth-order valence-electron chi connectivity index (χ4n) is 8.47. The summed E-state index contributed by atoms with van der Waals surface area (Å²) in [6.07, 6.45) is 2.42. The van der Waals surface area contributed by atoms with Crippen LogP contribution in [0.2, 0.25) is 0 Å². The molecule has 0 aromatic carbocycles. The van der Waals surface area contributed by atoms with Crippen LogP contribution in [-0.2, 0) is 19.1 Å². The van der Waals surface area contributed by atoms with E-state index in [9.17, 15) is 28.3 Å². The third-order valence-corrected chi connectivity index (χ3v) is 9.89. The minimum absolute atomic E-state index is 0.0143. The second-order valence-corrected chi connectivity index (χ2v) is 11.8. The number of allylic oxidation sites excluding steroid dienone is 4. The second-order valence-electron chi connectivity index (χ2n) is 11.8. The van der Waals surface area contributed by atoms with Crippen molar-refractivity contribution in [1.29, 1.82) is 0 Å². The molecule has 3 saturated carbocycles. The van der Waals surface area contributed by atoms with Gasteiger partial charge in [0.05, 0.1) is 6.10 Å². The molecular formula is C28H37F3O5. The topological polar surface area (TPSA) is 80.7 Å². The maximum Gasteiger partial charge on any atom is 0.306 e. The number of aliphatic hydroxyl groups is 1. The van der Waals surface area contributed by atoms with Gasteiger partial charge >= 0.3 is 5.97 Å². The lowest BCUT2D eigenvalue weighted by atomic mass is 9.45. The smallest absolute Gasteiger partial charge is 0.306 e. The summed E-state index contributed by atoms with van der Waals surface area (Å²) in [7, 11) is 0. The summed E-state index contributed by atoms with van der Waals surface area (Å²) in [4.78, 5) is 38.1. The standard InChI is InChI=1S/C28H37F3O5/c1-5-6-7-8-22(35)36-28(21(34)14-29)15(2)11-17-16-12-18(30)24-25(31)19(32)9-10-26(24,3)23(16)20(33)13-27(17,28)4/h9-10,15-18,20,23,33H,5-8,11-14H2,1-4H3/t15-,16-,17-,18-,20-,23+,26+,27-,28+/m0/s1. The Bertz CT molecular complexity index is 1010. The van der Waals surface area contributed by atoms with E-state index in [4.69, 9.17) is 4.74 Å². The van der Waals surface area contributed by atoms with Crippen molar-refractivity contribution in [3.05, 3.63) is 23.6 Å². The number of esters is 1. The van der Waals surface area contributed by atoms with E-state index in [-0.39, 0.29) is 30.8 Å². The highest BCUT2D eigenvalue weighted by Crippen LogP contribution is 2.69. The molecule has 4 aliphatic carbocycles. The third-order valence-electron chi connectivity index (χ3n) is 9.89. The van der Waals surface area contributed by atoms with Crippen molar-refractivity contribution < 1.29 is 37.4 Å². The van der Waals surface area contributed by atoms with Crippen LogP contribution in [0.3, 0.4) is 0 Å². The van der Waals surface area contributed by atoms with E-state index in [1.54, 1.807) is 20.8 Å². The highest BCUT2D eigenvalue weighted by atomic mass is 19.1. The van der Waals surface area contributed by atoms with Crippen molar-refractivity contribution in [1.82, 2.24) is 0 Å². The summed E-state index contributed by atoms with van der Waals surface area (Å²) in [5, 5.41) is 11.5. The molecule has 0 saturated heterocycles. The zero-order valence-electron chi connectivity index (χ0n) is 21.5. The highest BCUT2D eigenvalue weighted by Gasteiger charge is 2.73. The SMILES string of the molecule is CCCCCC(=O)O[C@@]1(C(=O)CF)[C@@H](C)C[C@H]2[C@@H]3C[C@H](F)C4=C(F)C(=O)C=C[C@]4(C)[C@H]3[C@@H](O)C[C@@]21C. The van der Waals surface area contributed by atoms with E-state index in [1.165, 1.54) is 6.08 Å². The number of alkyl halides is 2. The number of ether oxygens (including phenoxy) is 1. The van der Waals surface area contributed by atoms with Gasteiger partial charge in [-0.3, -0.25) is 14.4 Å². The first-order chi connectivity index (χ1) is 16.9. The van der Waals surface area contributed by atoms with E-state index >= 15 is 4.39 Å². The quantitative estimate of drug-likeness (QED) is 0.378. The number of hydrogen-bond acceptors (Lipinski definition) is 5. The maximum atomic E-state index is 15.6. The predicted molar refractivity (Wildman–Crippen MR) is 127 cm³/mol. The van der Waals surface area contributed by atoms with Gasteiger partial charge in [0.25, 0.3) is 0 Å². The molecule has 4 rings (SSSR count). The molecule has 0 heterocycles. The minimum atomic E-state index is -1.77. The van der Waals surface area contributed by atoms with Gasteiger partial charge in [0.1, 0.15) is 6.17 Å². The molecule has 0 spiro atoms. The Morgan fingerprint density at radius 3 is 2.56 bits per heavy atom. The predicted octanol–water partition coefficient (Wildman–Crippen LogP) is 5.16. The molecule has 0 aromatic heterocycles. The maximum absolute atomic E-state index is 15.6. The number of rotatable bonds is 7. The third kappa shape index (κ3) is 3.64. The molecule has 3 fully saturated rings. The molecule has 36 heavy (non-hydrogen) atoms. The van der Waals surface area contributed by atoms with Crippen molar-refractivity contribution in [2.24, 2.45) is 34.5 Å². The molecule has 0 unspecified atom stereocenters. The van der Waals surface area contributed by atoms with Crippen LogP contribution in [-0.4, -0.2) is 47.2 Å². The lowest BCUT2D eigenvalue weighted by Gasteiger charge is -2.60. The number of fused-ring (bicyclic) bond motifs is 5. The summed E-state index contributed by atoms with van der Waals surface area (Å²) in [6.45, 7) is 5.82. The van der Waals surface area contributed by atoms with Gasteiger partial charge < -0.3 is 9.84 Å². The normalized spacial score (nSPS) is 43.6. The molecule has 5 nitrogen and oxygen atoms in total. The summed E-state index contributed by atoms with van der Waals surface area (Å²) in [5.74, 6) is -5.38. The molecular weight excluding hydrogens is 473 g/mol. The molecule has 8 heteroatoms. The average molecular weight is 511 g/mol. The first-order valence-electron chi connectivity index (χ1n) is 13.2. The number of carbonyl (C=O) groups is 3. The van der Waals surface area contributed by atoms with Crippen LogP contribution in [0.1, 0.15) is 72.6 Å². The number of hydrogen-bond donors (Lipinski definition) is 1. The Kier molecular flexibility index (Phi) is 7.08. The number of halogens is 3. The van der Waals surface area contributed by atoms with Gasteiger partial charge in [0.2, 0.25) is 11.6 Å². The first-order valence-corrected chi connectivity index (χ1v) is 13.2. The Labute approximate surface area is 210 Å². The van der Waals surface area contributed by atoms with Crippen molar-refractivity contribution in [2.75, 3.05) is 6.67 Å². The van der Waals surface area contributed by atoms with Crippen LogP contribution in [0.5, 0.6) is 0 Å². The zero-order chi connectivity index (χ0) is 26.6. The lowest BCUT2D eigenvalue weighted by molar-refractivity contribution is -0.206. The summed E-state index contributed by atoms with van der Waals surface area (Å²) >= 11 is 0. The number of carbonyl (C=O) groups excluding carboxylic acids is 3. The van der Waals surface area contributed by atoms with Crippen molar-refractivity contribution in [2.45, 2.75) is 90.5 Å². The molecule has 200 valence electrons. The van der Waals surface area contributed by atoms with Crippen LogP contribution < -0.4 is 0 Å². The Morgan fingerprint density at radius 2 is 1.92 bits per heavy atom. The van der Waals surface area contributed by atoms with Gasteiger partial charge in [0.15, 0.2) is 18.1 Å². The second kappa shape index (κ2) is 9.41. The monoisotopic (exact) mass is 510 g/mol. The average Bonchev–Trinajstić information content (AvgIpc) is 3.03. The lowest BCUT2D eigenvalue weighted by Crippen LogP contribution is -2.64. The molecule has 0 amide bonds. The number of ketones is 2. The number of unbranched alkanes of at least 4 members (excludes halogenated alkanes) is 2. The Hall–Kier alpha value is -1.96. The molecule has 0 aromatic rings. The van der Waals surface area contributed by atoms with Gasteiger partial charge in [-0.1, -0.05) is 46.6 Å². The van der Waals surface area contributed by atoms with Crippen molar-refractivity contribution in [3.63, 3.8) is 0 Å². The van der Waals surface area contributed by atoms with Crippen LogP contribution in [0.15, 0.2) is 23.6 Å². The fourth-order valence-corrected chi connectivity index (χ4v) is 8.47. The van der Waals surface area contributed by atoms with E-state index in [0.717, 1.165) is 18.9 Å². The van der Waals surface area contributed by atoms with E-state index in [2.05, 4.69) is 0 Å². The molecule has 0 bridgehead atoms. The molecule has 9 atom stereocenters. The molecule has 1 N–H and O–H groups in total. The first kappa shape index (κ1) is 27.1. The van der Waals surface area contributed by atoms with Crippen LogP contribution >= 0.6 is 0 Å². The van der Waals surface area contributed by atoms with E-state index in [1.807, 2.05) is 6.92 Å². The van der Waals surface area contributed by atoms with Gasteiger partial charge in [-0.05, 0) is 43.6 Å². The van der Waals surface area contributed by atoms with Gasteiger partial charge in [-0.15, -0.1) is 0 Å². The van der Waals surface area contributed by atoms with Crippen molar-refractivity contribution in [3.8, 4) is 0 Å². The molecule has 0 aliphatic heterocycles. The fraction of sp³-hybridized carbons (Fsp3) is 0.750. The van der Waals surface area contributed by atoms with Crippen molar-refractivity contribution >= 4 is 17.5 Å². The Morgan fingerprint density at radius 1 is 1.22 bits per heavy atom. The van der Waals surface area contributed by atoms with Crippen LogP contribution in [0.4, 0.5) is 13.2 Å². The summed E-state index contributed by atoms with van der Waals surface area (Å²) < 4.78 is 50.4. The minimum Gasteiger partial charge on any atom is -0.450 e. The van der Waals surface area contributed by atoms with Crippen LogP contribution in [0, 0.1) is 34.5 Å². The van der Waals surface area contributed by atoms with E-state index < -0.39 is 76.5 Å². The number of Topliss-reactive ketones (excluding diaryl/α,β-unsaturated/α-hetero) is 1. The Balaban J connectivity index is 1.76. The van der Waals surface area contributed by atoms with Gasteiger partial charge in [0, 0.05) is 34.7 Å². The summed E-state index contributed by atoms with van der Waals surface area (Å²) in [6, 6.07) is 0. The molecule has 0 radical (unpaired) electrons. The zero-order valence-corrected chi connectivity index (χ0v) is 21.5. The van der Waals surface area contributed by atoms with Gasteiger partial charge in [-0.25, -0.2) is 13.2 Å². The van der Waals surface area contributed by atoms with Gasteiger partial charge in [-0.2, -0.15) is 0 Å². The highest BCUT2D eigenvalue weighted by molar-refractivity contribution is 6.04. The van der Waals surface area contributed by atoms with Crippen LogP contribution in [0.25, 0.3) is 0 Å². The largest absolute Gasteiger partial charge is 0.450 e.